The van der Waals surface area contributed by atoms with E-state index in [9.17, 15) is 15.0 Å². The van der Waals surface area contributed by atoms with Crippen molar-refractivity contribution in [3.05, 3.63) is 74.6 Å². The Bertz CT molecular complexity index is 1170. The van der Waals surface area contributed by atoms with Gasteiger partial charge in [0.2, 0.25) is 5.56 Å². The van der Waals surface area contributed by atoms with Crippen molar-refractivity contribution in [1.29, 1.82) is 0 Å². The number of aliphatic hydroxyl groups excluding tert-OH is 1. The summed E-state index contributed by atoms with van der Waals surface area (Å²) in [5.41, 5.74) is 6.59. The number of benzene rings is 2. The number of hydrogen-bond acceptors (Lipinski definition) is 5. The smallest absolute Gasteiger partial charge is 0.300 e. The quantitative estimate of drug-likeness (QED) is 0.361. The highest BCUT2D eigenvalue weighted by Crippen LogP contribution is 2.31. The predicted molar refractivity (Wildman–Crippen MR) is 136 cm³/mol. The molecule has 1 aliphatic rings. The third-order valence-corrected chi connectivity index (χ3v) is 6.15. The van der Waals surface area contributed by atoms with Gasteiger partial charge in [-0.1, -0.05) is 32.0 Å². The fraction of sp³-hybridized carbons (Fsp3) is 0.385. The molecule has 1 heterocycles. The van der Waals surface area contributed by atoms with Gasteiger partial charge in [0.1, 0.15) is 5.75 Å². The van der Waals surface area contributed by atoms with Crippen LogP contribution in [0, 0.1) is 0 Å². The molecule has 2 aromatic carbocycles. The van der Waals surface area contributed by atoms with E-state index in [0.717, 1.165) is 32.6 Å². The molecule has 1 unspecified atom stereocenters. The van der Waals surface area contributed by atoms with Crippen molar-refractivity contribution in [3.8, 4) is 5.75 Å². The van der Waals surface area contributed by atoms with E-state index in [-0.39, 0.29) is 23.7 Å². The maximum atomic E-state index is 11.6. The molecule has 0 radical (unpaired) electrons. The molecular formula is C26H33ClN2O5. The maximum Gasteiger partial charge on any atom is 0.300 e. The summed E-state index contributed by atoms with van der Waals surface area (Å²) >= 11 is 0. The number of aromatic hydroxyl groups is 1. The van der Waals surface area contributed by atoms with Gasteiger partial charge in [0.05, 0.1) is 11.6 Å². The number of H-pyrrole nitrogens is 1. The van der Waals surface area contributed by atoms with Crippen LogP contribution in [0.2, 0.25) is 0 Å². The number of fused-ring (bicyclic) bond motifs is 2. The summed E-state index contributed by atoms with van der Waals surface area (Å²) in [7, 11) is 0. The fourth-order valence-electron chi connectivity index (χ4n) is 4.61. The first kappa shape index (κ1) is 27.4. The van der Waals surface area contributed by atoms with Gasteiger partial charge in [-0.15, -0.1) is 12.4 Å². The normalized spacial score (nSPS) is 13.5. The molecule has 0 saturated heterocycles. The number of rotatable bonds is 6. The van der Waals surface area contributed by atoms with Crippen molar-refractivity contribution < 1.29 is 20.1 Å². The third kappa shape index (κ3) is 6.17. The molecule has 1 aromatic heterocycles. The summed E-state index contributed by atoms with van der Waals surface area (Å²) in [4.78, 5) is 23.2. The number of phenols is 1. The molecule has 1 aliphatic carbocycles. The molecule has 0 fully saturated rings. The van der Waals surface area contributed by atoms with E-state index in [2.05, 4.69) is 36.3 Å². The van der Waals surface area contributed by atoms with Crippen molar-refractivity contribution >= 4 is 29.3 Å². The molecule has 0 aliphatic heterocycles. The number of carboxylic acid groups (broad SMARTS) is 1. The van der Waals surface area contributed by atoms with Gasteiger partial charge in [0, 0.05) is 31.0 Å². The van der Waals surface area contributed by atoms with E-state index in [4.69, 9.17) is 9.90 Å². The number of aliphatic carboxylic acids is 1. The highest BCUT2D eigenvalue weighted by Gasteiger charge is 2.26. The van der Waals surface area contributed by atoms with E-state index in [0.29, 0.717) is 29.1 Å². The van der Waals surface area contributed by atoms with Gasteiger partial charge in [-0.25, -0.2) is 0 Å². The van der Waals surface area contributed by atoms with Crippen LogP contribution in [0.1, 0.15) is 54.7 Å². The van der Waals surface area contributed by atoms with Crippen LogP contribution in [-0.4, -0.2) is 38.9 Å². The Hall–Kier alpha value is -2.87. The number of pyridine rings is 1. The van der Waals surface area contributed by atoms with E-state index < -0.39 is 12.1 Å². The number of aromatic amines is 1. The van der Waals surface area contributed by atoms with Crippen LogP contribution >= 0.6 is 12.4 Å². The van der Waals surface area contributed by atoms with Gasteiger partial charge >= 0.3 is 0 Å². The van der Waals surface area contributed by atoms with E-state index >= 15 is 0 Å². The summed E-state index contributed by atoms with van der Waals surface area (Å²) in [6.07, 6.45) is 3.33. The topological polar surface area (TPSA) is 123 Å². The molecule has 0 bridgehead atoms. The Kier molecular flexibility index (Phi) is 9.67. The minimum absolute atomic E-state index is 0. The molecule has 1 atom stereocenters. The van der Waals surface area contributed by atoms with Crippen LogP contribution in [0.3, 0.4) is 0 Å². The molecule has 4 rings (SSSR count). The van der Waals surface area contributed by atoms with Crippen LogP contribution in [0.4, 0.5) is 0 Å². The number of halogens is 1. The molecule has 7 nitrogen and oxygen atoms in total. The first-order chi connectivity index (χ1) is 15.7. The second-order valence-corrected chi connectivity index (χ2v) is 8.38. The fourth-order valence-corrected chi connectivity index (χ4v) is 4.61. The third-order valence-electron chi connectivity index (χ3n) is 6.15. The minimum Gasteiger partial charge on any atom is -0.506 e. The molecular weight excluding hydrogens is 456 g/mol. The van der Waals surface area contributed by atoms with Gasteiger partial charge in [-0.05, 0) is 65.6 Å². The Morgan fingerprint density at radius 1 is 1.06 bits per heavy atom. The van der Waals surface area contributed by atoms with Crippen LogP contribution in [-0.2, 0) is 30.5 Å². The number of aliphatic hydroxyl groups is 1. The average Bonchev–Trinajstić information content (AvgIpc) is 3.21. The number of phenolic OH excluding ortho intramolecular Hbond substituents is 1. The van der Waals surface area contributed by atoms with E-state index in [1.807, 2.05) is 0 Å². The van der Waals surface area contributed by atoms with Crippen LogP contribution in [0.15, 0.2) is 41.2 Å². The molecule has 3 aromatic rings. The summed E-state index contributed by atoms with van der Waals surface area (Å²) in [6.45, 7) is 5.90. The summed E-state index contributed by atoms with van der Waals surface area (Å²) < 4.78 is 0. The van der Waals surface area contributed by atoms with Crippen molar-refractivity contribution in [3.63, 3.8) is 0 Å². The van der Waals surface area contributed by atoms with E-state index in [1.165, 1.54) is 34.4 Å². The van der Waals surface area contributed by atoms with Crippen molar-refractivity contribution in [2.24, 2.45) is 0 Å². The number of aromatic nitrogens is 1. The van der Waals surface area contributed by atoms with Gasteiger partial charge in [-0.2, -0.15) is 0 Å². The summed E-state index contributed by atoms with van der Waals surface area (Å²) in [6, 6.07) is 11.1. The molecule has 0 spiro atoms. The zero-order valence-electron chi connectivity index (χ0n) is 19.7. The molecule has 0 amide bonds. The highest BCUT2D eigenvalue weighted by atomic mass is 35.5. The van der Waals surface area contributed by atoms with Gasteiger partial charge in [0.25, 0.3) is 5.97 Å². The number of hydrogen-bond donors (Lipinski definition) is 5. The minimum atomic E-state index is -0.833. The van der Waals surface area contributed by atoms with Gasteiger partial charge < -0.3 is 25.6 Å². The van der Waals surface area contributed by atoms with Crippen LogP contribution in [0.5, 0.6) is 5.75 Å². The lowest BCUT2D eigenvalue weighted by atomic mass is 9.96. The number of nitrogens with one attached hydrogen (secondary N) is 2. The first-order valence-electron chi connectivity index (χ1n) is 11.3. The van der Waals surface area contributed by atoms with Crippen molar-refractivity contribution in [2.75, 3.05) is 6.54 Å². The second kappa shape index (κ2) is 12.0. The standard InChI is InChI=1S/C24H28N2O3.C2H4O2.ClH/c1-3-14-5-6-15(4-2)20-12-16(11-19(14)20)25-13-22(28)17-7-9-21(27)24-18(17)8-10-23(29)26-24;1-2(3)4;/h5-10,16,22,25,27-28H,3-4,11-13H2,1-2H3,(H,26,29);1H3,(H,3,4);1H. The predicted octanol–water partition coefficient (Wildman–Crippen LogP) is 3.66. The zero-order valence-corrected chi connectivity index (χ0v) is 20.5. The zero-order chi connectivity index (χ0) is 24.1. The SMILES string of the molecule is CC(=O)O.CCc1ccc(CC)c2c1CC(NCC(O)c1ccc(O)c3[nH]c(=O)ccc13)C2.Cl. The Balaban J connectivity index is 0.000000758. The largest absolute Gasteiger partial charge is 0.506 e. The van der Waals surface area contributed by atoms with Gasteiger partial charge in [0.15, 0.2) is 0 Å². The first-order valence-corrected chi connectivity index (χ1v) is 11.3. The van der Waals surface area contributed by atoms with Crippen molar-refractivity contribution in [2.45, 2.75) is 58.6 Å². The second-order valence-electron chi connectivity index (χ2n) is 8.38. The maximum absolute atomic E-state index is 11.6. The highest BCUT2D eigenvalue weighted by molar-refractivity contribution is 5.87. The molecule has 0 saturated carbocycles. The molecule has 5 N–H and O–H groups in total. The monoisotopic (exact) mass is 488 g/mol. The molecule has 184 valence electrons. The molecule has 34 heavy (non-hydrogen) atoms. The van der Waals surface area contributed by atoms with Crippen LogP contribution in [0.25, 0.3) is 10.9 Å². The lowest BCUT2D eigenvalue weighted by Crippen LogP contribution is -2.33. The van der Waals surface area contributed by atoms with E-state index in [1.54, 1.807) is 12.1 Å². The summed E-state index contributed by atoms with van der Waals surface area (Å²) in [5, 5.41) is 32.5. The van der Waals surface area contributed by atoms with Crippen LogP contribution < -0.4 is 10.9 Å². The Morgan fingerprint density at radius 2 is 1.62 bits per heavy atom. The Labute approximate surface area is 205 Å². The van der Waals surface area contributed by atoms with Crippen molar-refractivity contribution in [1.82, 2.24) is 10.3 Å². The lowest BCUT2D eigenvalue weighted by Gasteiger charge is -2.18. The number of aryl methyl sites for hydroxylation is 2. The number of carboxylic acids is 1. The number of carbonyl (C=O) groups is 1. The average molecular weight is 489 g/mol. The van der Waals surface area contributed by atoms with Gasteiger partial charge in [-0.3, -0.25) is 9.59 Å². The summed E-state index contributed by atoms with van der Waals surface area (Å²) in [5.74, 6) is -0.827. The lowest BCUT2D eigenvalue weighted by molar-refractivity contribution is -0.134. The Morgan fingerprint density at radius 3 is 2.15 bits per heavy atom. The molecule has 8 heteroatoms.